The van der Waals surface area contributed by atoms with Crippen molar-refractivity contribution < 1.29 is 6.22 Å². The molecular weight excluding hydrogens is 162 g/mol. The molecule has 0 saturated carbocycles. The molecule has 0 spiro atoms. The van der Waals surface area contributed by atoms with Crippen LogP contribution in [0.3, 0.4) is 0 Å². The predicted molar refractivity (Wildman–Crippen MR) is 56.5 cm³/mol. The first-order valence-corrected chi connectivity index (χ1v) is 4.90. The van der Waals surface area contributed by atoms with Gasteiger partial charge in [-0.15, -0.1) is 0 Å². The summed E-state index contributed by atoms with van der Waals surface area (Å²) in [5.74, 6) is 0.118. The van der Waals surface area contributed by atoms with Gasteiger partial charge < -0.3 is 5.32 Å². The molecule has 1 aliphatic carbocycles. The lowest BCUT2D eigenvalue weighted by Crippen LogP contribution is -2.33. The summed E-state index contributed by atoms with van der Waals surface area (Å²) >= 11 is 0. The Kier molecular flexibility index (Phi) is 3.74. The molecule has 74 valence electrons. The molecular formula is C11H19NO. The molecule has 0 radical (unpaired) electrons. The minimum absolute atomic E-state index is 0. The van der Waals surface area contributed by atoms with Crippen LogP contribution in [0, 0.1) is 0 Å². The van der Waals surface area contributed by atoms with E-state index < -0.39 is 0 Å². The second-order valence-corrected chi connectivity index (χ2v) is 3.33. The lowest BCUT2D eigenvalue weighted by molar-refractivity contribution is -0.121. The number of rotatable bonds is 3. The van der Waals surface area contributed by atoms with E-state index in [-0.39, 0.29) is 13.4 Å². The van der Waals surface area contributed by atoms with Crippen molar-refractivity contribution in [2.24, 2.45) is 0 Å². The van der Waals surface area contributed by atoms with E-state index in [2.05, 4.69) is 23.5 Å². The standard InChI is InChI=1S/C11H17NO.H2/c1-3-11(13)12-9(2)10-7-5-4-6-8-10;/h5,7-9H,3-4,6H2,1-2H3,(H,12,13);1H/t9-;/m0./s1. The average Bonchev–Trinajstić information content (AvgIpc) is 2.19. The van der Waals surface area contributed by atoms with E-state index in [1.165, 1.54) is 5.57 Å². The minimum Gasteiger partial charge on any atom is -0.350 e. The van der Waals surface area contributed by atoms with Crippen molar-refractivity contribution in [1.29, 1.82) is 0 Å². The summed E-state index contributed by atoms with van der Waals surface area (Å²) in [6, 6.07) is 0.156. The Morgan fingerprint density at radius 1 is 1.69 bits per heavy atom. The Morgan fingerprint density at radius 3 is 3.00 bits per heavy atom. The van der Waals surface area contributed by atoms with Crippen LogP contribution in [-0.4, -0.2) is 11.9 Å². The van der Waals surface area contributed by atoms with Gasteiger partial charge in [0.2, 0.25) is 5.91 Å². The van der Waals surface area contributed by atoms with Gasteiger partial charge in [-0.05, 0) is 25.3 Å². The van der Waals surface area contributed by atoms with Gasteiger partial charge in [0.05, 0.1) is 6.04 Å². The lowest BCUT2D eigenvalue weighted by Gasteiger charge is -2.16. The minimum atomic E-state index is 0. The Morgan fingerprint density at radius 2 is 2.46 bits per heavy atom. The van der Waals surface area contributed by atoms with Crippen LogP contribution in [0.4, 0.5) is 0 Å². The van der Waals surface area contributed by atoms with Crippen LogP contribution in [0.25, 0.3) is 0 Å². The number of nitrogens with one attached hydrogen (secondary N) is 1. The topological polar surface area (TPSA) is 29.1 Å². The summed E-state index contributed by atoms with van der Waals surface area (Å²) in [5.41, 5.74) is 1.23. The summed E-state index contributed by atoms with van der Waals surface area (Å²) in [5, 5.41) is 2.94. The maximum Gasteiger partial charge on any atom is 0.220 e. The molecule has 13 heavy (non-hydrogen) atoms. The molecule has 0 bridgehead atoms. The second-order valence-electron chi connectivity index (χ2n) is 3.33. The van der Waals surface area contributed by atoms with Crippen LogP contribution in [0.1, 0.15) is 34.5 Å². The highest BCUT2D eigenvalue weighted by Gasteiger charge is 2.09. The molecule has 1 rings (SSSR count). The number of allylic oxidation sites excluding steroid dienone is 2. The third kappa shape index (κ3) is 3.05. The van der Waals surface area contributed by atoms with Crippen LogP contribution in [0.15, 0.2) is 23.8 Å². The van der Waals surface area contributed by atoms with Crippen molar-refractivity contribution in [3.63, 3.8) is 0 Å². The van der Waals surface area contributed by atoms with Crippen molar-refractivity contribution in [2.45, 2.75) is 39.2 Å². The molecule has 2 heteroatoms. The number of hydrogen-bond donors (Lipinski definition) is 1. The lowest BCUT2D eigenvalue weighted by atomic mass is 10.0. The Labute approximate surface area is 81.2 Å². The van der Waals surface area contributed by atoms with E-state index >= 15 is 0 Å². The molecule has 0 unspecified atom stereocenters. The van der Waals surface area contributed by atoms with Gasteiger partial charge in [-0.3, -0.25) is 4.79 Å². The number of carbonyl (C=O) groups is 1. The number of amides is 1. The molecule has 1 aliphatic rings. The molecule has 0 saturated heterocycles. The summed E-state index contributed by atoms with van der Waals surface area (Å²) in [6.07, 6.45) is 9.23. The predicted octanol–water partition coefficient (Wildman–Crippen LogP) is 2.42. The first-order chi connectivity index (χ1) is 6.24. The third-order valence-corrected chi connectivity index (χ3v) is 2.22. The van der Waals surface area contributed by atoms with Gasteiger partial charge in [0, 0.05) is 7.85 Å². The summed E-state index contributed by atoms with van der Waals surface area (Å²) < 4.78 is 0. The smallest absolute Gasteiger partial charge is 0.220 e. The van der Waals surface area contributed by atoms with E-state index in [9.17, 15) is 4.79 Å². The fourth-order valence-electron chi connectivity index (χ4n) is 1.38. The zero-order valence-electron chi connectivity index (χ0n) is 8.34. The molecule has 0 aliphatic heterocycles. The van der Waals surface area contributed by atoms with E-state index in [1.54, 1.807) is 0 Å². The first kappa shape index (κ1) is 10.0. The van der Waals surface area contributed by atoms with Crippen molar-refractivity contribution in [1.82, 2.24) is 5.32 Å². The van der Waals surface area contributed by atoms with E-state index in [1.807, 2.05) is 13.8 Å². The molecule has 1 N–H and O–H groups in total. The largest absolute Gasteiger partial charge is 0.350 e. The van der Waals surface area contributed by atoms with Gasteiger partial charge in [-0.1, -0.05) is 25.2 Å². The fourth-order valence-corrected chi connectivity index (χ4v) is 1.38. The molecule has 0 fully saturated rings. The maximum absolute atomic E-state index is 11.1. The van der Waals surface area contributed by atoms with E-state index in [0.29, 0.717) is 6.42 Å². The average molecular weight is 181 g/mol. The van der Waals surface area contributed by atoms with E-state index in [4.69, 9.17) is 0 Å². The van der Waals surface area contributed by atoms with E-state index in [0.717, 1.165) is 12.8 Å². The Balaban J connectivity index is 0.00000169. The zero-order valence-corrected chi connectivity index (χ0v) is 8.34. The zero-order chi connectivity index (χ0) is 9.68. The van der Waals surface area contributed by atoms with Crippen molar-refractivity contribution in [3.8, 4) is 0 Å². The highest BCUT2D eigenvalue weighted by atomic mass is 16.1. The Hall–Kier alpha value is -1.05. The van der Waals surface area contributed by atoms with Gasteiger partial charge in [0.1, 0.15) is 0 Å². The van der Waals surface area contributed by atoms with Crippen LogP contribution < -0.4 is 5.32 Å². The van der Waals surface area contributed by atoms with Gasteiger partial charge in [-0.25, -0.2) is 0 Å². The normalized spacial score (nSPS) is 17.8. The SMILES string of the molecule is CCC(=O)N[C@@H](C)C1=CCCC=C1.[HH]. The van der Waals surface area contributed by atoms with Gasteiger partial charge >= 0.3 is 0 Å². The second kappa shape index (κ2) is 4.85. The number of carbonyl (C=O) groups excluding carboxylic acids is 1. The molecule has 1 atom stereocenters. The van der Waals surface area contributed by atoms with Crippen LogP contribution >= 0.6 is 0 Å². The van der Waals surface area contributed by atoms with Gasteiger partial charge in [0.15, 0.2) is 0 Å². The Bertz CT molecular complexity index is 246. The van der Waals surface area contributed by atoms with Crippen molar-refractivity contribution in [3.05, 3.63) is 23.8 Å². The summed E-state index contributed by atoms with van der Waals surface area (Å²) in [6.45, 7) is 3.89. The van der Waals surface area contributed by atoms with Crippen LogP contribution in [-0.2, 0) is 4.79 Å². The van der Waals surface area contributed by atoms with Gasteiger partial charge in [0.25, 0.3) is 0 Å². The summed E-state index contributed by atoms with van der Waals surface area (Å²) in [7, 11) is 0. The molecule has 2 nitrogen and oxygen atoms in total. The van der Waals surface area contributed by atoms with Crippen molar-refractivity contribution >= 4 is 5.91 Å². The molecule has 0 heterocycles. The quantitative estimate of drug-likeness (QED) is 0.711. The fraction of sp³-hybridized carbons (Fsp3) is 0.545. The maximum atomic E-state index is 11.1. The monoisotopic (exact) mass is 181 g/mol. The van der Waals surface area contributed by atoms with Crippen LogP contribution in [0.5, 0.6) is 0 Å². The highest BCUT2D eigenvalue weighted by molar-refractivity contribution is 5.76. The van der Waals surface area contributed by atoms with Crippen molar-refractivity contribution in [2.75, 3.05) is 0 Å². The van der Waals surface area contributed by atoms with Gasteiger partial charge in [-0.2, -0.15) is 0 Å². The van der Waals surface area contributed by atoms with Crippen LogP contribution in [0.2, 0.25) is 0 Å². The highest BCUT2D eigenvalue weighted by Crippen LogP contribution is 2.12. The first-order valence-electron chi connectivity index (χ1n) is 4.90. The molecule has 0 aromatic rings. The third-order valence-electron chi connectivity index (χ3n) is 2.22. The molecule has 1 amide bonds. The summed E-state index contributed by atoms with van der Waals surface area (Å²) in [4.78, 5) is 11.1. The molecule has 0 aromatic heterocycles. The number of hydrogen-bond acceptors (Lipinski definition) is 1. The molecule has 0 aromatic carbocycles.